The van der Waals surface area contributed by atoms with Gasteiger partial charge in [0.05, 0.1) is 4.92 Å². The van der Waals surface area contributed by atoms with E-state index in [4.69, 9.17) is 0 Å². The molecule has 1 unspecified atom stereocenters. The number of halogens is 1. The summed E-state index contributed by atoms with van der Waals surface area (Å²) in [5.41, 5.74) is 0.0857. The van der Waals surface area contributed by atoms with Gasteiger partial charge in [0, 0.05) is 18.3 Å². The first-order chi connectivity index (χ1) is 7.54. The van der Waals surface area contributed by atoms with Crippen LogP contribution in [-0.2, 0) is 0 Å². The number of benzene rings is 1. The lowest BCUT2D eigenvalue weighted by molar-refractivity contribution is -0.387. The van der Waals surface area contributed by atoms with Gasteiger partial charge in [-0.1, -0.05) is 20.3 Å². The smallest absolute Gasteiger partial charge is 0.306 e. The van der Waals surface area contributed by atoms with Crippen LogP contribution in [0.25, 0.3) is 0 Å². The number of nitro benzene ring substituents is 1. The van der Waals surface area contributed by atoms with Crippen LogP contribution in [0.1, 0.15) is 20.3 Å². The first-order valence-corrected chi connectivity index (χ1v) is 5.22. The molecule has 1 atom stereocenters. The Morgan fingerprint density at radius 3 is 2.81 bits per heavy atom. The number of anilines is 1. The molecule has 0 aliphatic carbocycles. The molecule has 0 radical (unpaired) electrons. The Kier molecular flexibility index (Phi) is 4.22. The van der Waals surface area contributed by atoms with E-state index in [1.54, 1.807) is 0 Å². The molecule has 0 saturated carbocycles. The van der Waals surface area contributed by atoms with Crippen molar-refractivity contribution in [2.24, 2.45) is 5.92 Å². The lowest BCUT2D eigenvalue weighted by Crippen LogP contribution is -2.10. The van der Waals surface area contributed by atoms with Gasteiger partial charge in [-0.3, -0.25) is 10.1 Å². The molecule has 1 aromatic carbocycles. The van der Waals surface area contributed by atoms with Crippen molar-refractivity contribution < 1.29 is 9.31 Å². The summed E-state index contributed by atoms with van der Waals surface area (Å²) in [5, 5.41) is 13.6. The highest BCUT2D eigenvalue weighted by atomic mass is 19.1. The number of nitro groups is 1. The number of hydrogen-bond donors (Lipinski definition) is 1. The molecule has 0 aromatic heterocycles. The van der Waals surface area contributed by atoms with Gasteiger partial charge in [0.1, 0.15) is 0 Å². The molecule has 1 N–H and O–H groups in total. The third-order valence-electron chi connectivity index (χ3n) is 2.49. The van der Waals surface area contributed by atoms with Crippen molar-refractivity contribution in [3.63, 3.8) is 0 Å². The molecular weight excluding hydrogens is 211 g/mol. The van der Waals surface area contributed by atoms with Crippen LogP contribution in [0.3, 0.4) is 0 Å². The van der Waals surface area contributed by atoms with Crippen LogP contribution in [0, 0.1) is 21.8 Å². The Balaban J connectivity index is 2.75. The highest BCUT2D eigenvalue weighted by Crippen LogP contribution is 2.21. The van der Waals surface area contributed by atoms with Crippen molar-refractivity contribution >= 4 is 11.4 Å². The van der Waals surface area contributed by atoms with Crippen molar-refractivity contribution in [3.05, 3.63) is 34.1 Å². The van der Waals surface area contributed by atoms with Gasteiger partial charge < -0.3 is 5.32 Å². The Bertz CT molecular complexity index is 382. The fraction of sp³-hybridized carbons (Fsp3) is 0.455. The molecule has 0 aliphatic rings. The number of nitrogens with zero attached hydrogens (tertiary/aromatic N) is 1. The summed E-state index contributed by atoms with van der Waals surface area (Å²) in [6.45, 7) is 4.86. The molecule has 0 bridgehead atoms. The maximum Gasteiger partial charge on any atom is 0.306 e. The second kappa shape index (κ2) is 5.44. The van der Waals surface area contributed by atoms with Crippen LogP contribution in [-0.4, -0.2) is 11.5 Å². The zero-order valence-electron chi connectivity index (χ0n) is 9.37. The van der Waals surface area contributed by atoms with Gasteiger partial charge in [-0.15, -0.1) is 0 Å². The summed E-state index contributed by atoms with van der Waals surface area (Å²) in [6.07, 6.45) is 1.02. The molecular formula is C11H15FN2O2. The Hall–Kier alpha value is -1.65. The van der Waals surface area contributed by atoms with Gasteiger partial charge in [0.25, 0.3) is 0 Å². The van der Waals surface area contributed by atoms with Crippen molar-refractivity contribution in [2.75, 3.05) is 11.9 Å². The van der Waals surface area contributed by atoms with Crippen molar-refractivity contribution in [1.82, 2.24) is 0 Å². The van der Waals surface area contributed by atoms with E-state index in [-0.39, 0.29) is 0 Å². The van der Waals surface area contributed by atoms with Gasteiger partial charge in [0.2, 0.25) is 5.82 Å². The monoisotopic (exact) mass is 226 g/mol. The fourth-order valence-electron chi connectivity index (χ4n) is 1.20. The molecule has 0 amide bonds. The van der Waals surface area contributed by atoms with E-state index >= 15 is 0 Å². The predicted molar refractivity (Wildman–Crippen MR) is 61.0 cm³/mol. The maximum atomic E-state index is 13.0. The SMILES string of the molecule is CCC(C)CNc1ccc(F)c([N+](=O)[O-])c1. The van der Waals surface area contributed by atoms with E-state index < -0.39 is 16.4 Å². The van der Waals surface area contributed by atoms with E-state index in [0.29, 0.717) is 11.6 Å². The van der Waals surface area contributed by atoms with Crippen molar-refractivity contribution in [3.8, 4) is 0 Å². The van der Waals surface area contributed by atoms with Gasteiger partial charge >= 0.3 is 5.69 Å². The summed E-state index contributed by atoms with van der Waals surface area (Å²) in [7, 11) is 0. The highest BCUT2D eigenvalue weighted by molar-refractivity contribution is 5.51. The molecule has 0 aliphatic heterocycles. The first kappa shape index (κ1) is 12.4. The number of hydrogen-bond acceptors (Lipinski definition) is 3. The Morgan fingerprint density at radius 2 is 2.25 bits per heavy atom. The van der Waals surface area contributed by atoms with Crippen LogP contribution < -0.4 is 5.32 Å². The van der Waals surface area contributed by atoms with E-state index in [1.807, 2.05) is 0 Å². The van der Waals surface area contributed by atoms with E-state index in [2.05, 4.69) is 19.2 Å². The lowest BCUT2D eigenvalue weighted by Gasteiger charge is -2.11. The number of nitrogens with one attached hydrogen (secondary N) is 1. The zero-order chi connectivity index (χ0) is 12.1. The maximum absolute atomic E-state index is 13.0. The Morgan fingerprint density at radius 1 is 1.56 bits per heavy atom. The van der Waals surface area contributed by atoms with Crippen molar-refractivity contribution in [2.45, 2.75) is 20.3 Å². The summed E-state index contributed by atoms with van der Waals surface area (Å²) in [6, 6.07) is 3.83. The van der Waals surface area contributed by atoms with E-state index in [0.717, 1.165) is 19.0 Å². The van der Waals surface area contributed by atoms with Crippen LogP contribution in [0.2, 0.25) is 0 Å². The molecule has 0 heterocycles. The predicted octanol–water partition coefficient (Wildman–Crippen LogP) is 3.19. The second-order valence-corrected chi connectivity index (χ2v) is 3.82. The summed E-state index contributed by atoms with van der Waals surface area (Å²) in [5.74, 6) is -0.330. The quantitative estimate of drug-likeness (QED) is 0.619. The van der Waals surface area contributed by atoms with Crippen LogP contribution >= 0.6 is 0 Å². The molecule has 5 heteroatoms. The average molecular weight is 226 g/mol. The summed E-state index contributed by atoms with van der Waals surface area (Å²) >= 11 is 0. The molecule has 4 nitrogen and oxygen atoms in total. The normalized spacial score (nSPS) is 12.2. The topological polar surface area (TPSA) is 55.2 Å². The third-order valence-corrected chi connectivity index (χ3v) is 2.49. The van der Waals surface area contributed by atoms with Crippen LogP contribution in [0.4, 0.5) is 15.8 Å². The zero-order valence-corrected chi connectivity index (χ0v) is 9.37. The van der Waals surface area contributed by atoms with E-state index in [1.165, 1.54) is 12.1 Å². The Labute approximate surface area is 93.6 Å². The lowest BCUT2D eigenvalue weighted by atomic mass is 10.1. The summed E-state index contributed by atoms with van der Waals surface area (Å²) in [4.78, 5) is 9.79. The van der Waals surface area contributed by atoms with Crippen LogP contribution in [0.15, 0.2) is 18.2 Å². The van der Waals surface area contributed by atoms with Crippen molar-refractivity contribution in [1.29, 1.82) is 0 Å². The van der Waals surface area contributed by atoms with E-state index in [9.17, 15) is 14.5 Å². The summed E-state index contributed by atoms with van der Waals surface area (Å²) < 4.78 is 13.0. The first-order valence-electron chi connectivity index (χ1n) is 5.22. The molecule has 0 fully saturated rings. The minimum Gasteiger partial charge on any atom is -0.385 e. The van der Waals surface area contributed by atoms with Crippen LogP contribution in [0.5, 0.6) is 0 Å². The van der Waals surface area contributed by atoms with Gasteiger partial charge in [-0.25, -0.2) is 0 Å². The van der Waals surface area contributed by atoms with Gasteiger partial charge in [-0.05, 0) is 18.1 Å². The standard InChI is InChI=1S/C11H15FN2O2/c1-3-8(2)7-13-9-4-5-10(12)11(6-9)14(15)16/h4-6,8,13H,3,7H2,1-2H3. The molecule has 0 spiro atoms. The molecule has 1 rings (SSSR count). The molecule has 16 heavy (non-hydrogen) atoms. The third kappa shape index (κ3) is 3.18. The fourth-order valence-corrected chi connectivity index (χ4v) is 1.20. The highest BCUT2D eigenvalue weighted by Gasteiger charge is 2.14. The molecule has 88 valence electrons. The second-order valence-electron chi connectivity index (χ2n) is 3.82. The minimum atomic E-state index is -0.806. The largest absolute Gasteiger partial charge is 0.385 e. The van der Waals surface area contributed by atoms with Gasteiger partial charge in [-0.2, -0.15) is 4.39 Å². The molecule has 0 saturated heterocycles. The number of rotatable bonds is 5. The minimum absolute atomic E-state index is 0.476. The van der Waals surface area contributed by atoms with Gasteiger partial charge in [0.15, 0.2) is 0 Å². The average Bonchev–Trinajstić information content (AvgIpc) is 2.27. The molecule has 1 aromatic rings.